The van der Waals surface area contributed by atoms with Crippen LogP contribution in [0.25, 0.3) is 38.7 Å². The highest BCUT2D eigenvalue weighted by atomic mass is 14.2. The Kier molecular flexibility index (Phi) is 6.58. The fourth-order valence-electron chi connectivity index (χ4n) is 5.38. The van der Waals surface area contributed by atoms with E-state index in [9.17, 15) is 0 Å². The van der Waals surface area contributed by atoms with Gasteiger partial charge in [0, 0.05) is 0 Å². The van der Waals surface area contributed by atoms with Gasteiger partial charge in [-0.1, -0.05) is 109 Å². The molecule has 0 nitrogen and oxygen atoms in total. The molecule has 1 aliphatic rings. The van der Waals surface area contributed by atoms with Gasteiger partial charge in [0.2, 0.25) is 0 Å². The van der Waals surface area contributed by atoms with Gasteiger partial charge in [-0.15, -0.1) is 0 Å². The van der Waals surface area contributed by atoms with Crippen molar-refractivity contribution in [3.63, 3.8) is 0 Å². The summed E-state index contributed by atoms with van der Waals surface area (Å²) in [5.41, 5.74) is 8.52. The van der Waals surface area contributed by atoms with Gasteiger partial charge in [0.1, 0.15) is 0 Å². The molecule has 0 unspecified atom stereocenters. The van der Waals surface area contributed by atoms with Crippen LogP contribution in [0.1, 0.15) is 42.5 Å². The summed E-state index contributed by atoms with van der Waals surface area (Å²) in [6.45, 7) is 4.16. The number of fused-ring (bicyclic) bond motifs is 3. The van der Waals surface area contributed by atoms with E-state index in [0.29, 0.717) is 0 Å². The minimum absolute atomic E-state index is 0.963. The van der Waals surface area contributed by atoms with Crippen LogP contribution < -0.4 is 0 Å². The van der Waals surface area contributed by atoms with Gasteiger partial charge >= 0.3 is 0 Å². The Morgan fingerprint density at radius 3 is 2.26 bits per heavy atom. The molecule has 0 aliphatic heterocycles. The quantitative estimate of drug-likeness (QED) is 0.207. The zero-order valence-electron chi connectivity index (χ0n) is 20.2. The minimum Gasteiger partial charge on any atom is -0.0913 e. The zero-order valence-corrected chi connectivity index (χ0v) is 20.2. The highest BCUT2D eigenvalue weighted by Crippen LogP contribution is 2.43. The second-order valence-corrected chi connectivity index (χ2v) is 8.98. The molecule has 0 saturated heterocycles. The van der Waals surface area contributed by atoms with Crippen LogP contribution in [0.3, 0.4) is 0 Å². The number of rotatable bonds is 6. The SMILES string of the molecule is C/C=C\C=C/Cc1c2c(c(-c3ccc(C/C=C\C)c4ccccc34)c3ccccc13)C=CCC2. The van der Waals surface area contributed by atoms with Gasteiger partial charge in [0.25, 0.3) is 0 Å². The van der Waals surface area contributed by atoms with Gasteiger partial charge in [-0.3, -0.25) is 0 Å². The highest BCUT2D eigenvalue weighted by Gasteiger charge is 2.21. The topological polar surface area (TPSA) is 0 Å². The molecule has 0 heteroatoms. The Bertz CT molecular complexity index is 1460. The van der Waals surface area contributed by atoms with E-state index in [-0.39, 0.29) is 0 Å². The number of hydrogen-bond acceptors (Lipinski definition) is 0. The lowest BCUT2D eigenvalue weighted by atomic mass is 9.80. The summed E-state index contributed by atoms with van der Waals surface area (Å²) < 4.78 is 0. The average molecular weight is 441 g/mol. The predicted molar refractivity (Wildman–Crippen MR) is 150 cm³/mol. The number of benzene rings is 4. The molecule has 4 aromatic carbocycles. The van der Waals surface area contributed by atoms with E-state index in [1.54, 1.807) is 0 Å². The van der Waals surface area contributed by atoms with Crippen LogP contribution in [0.5, 0.6) is 0 Å². The van der Waals surface area contributed by atoms with Gasteiger partial charge in [-0.25, -0.2) is 0 Å². The van der Waals surface area contributed by atoms with Crippen molar-refractivity contribution in [2.24, 2.45) is 0 Å². The maximum absolute atomic E-state index is 2.38. The second kappa shape index (κ2) is 10.1. The third-order valence-electron chi connectivity index (χ3n) is 6.94. The van der Waals surface area contributed by atoms with Crippen LogP contribution in [-0.2, 0) is 19.3 Å². The molecule has 0 heterocycles. The lowest BCUT2D eigenvalue weighted by molar-refractivity contribution is 0.966. The fraction of sp³-hybridized carbons (Fsp3) is 0.176. The molecule has 4 aromatic rings. The van der Waals surface area contributed by atoms with Crippen LogP contribution in [-0.4, -0.2) is 0 Å². The second-order valence-electron chi connectivity index (χ2n) is 8.98. The van der Waals surface area contributed by atoms with Crippen molar-refractivity contribution in [1.29, 1.82) is 0 Å². The maximum atomic E-state index is 2.38. The van der Waals surface area contributed by atoms with Crippen LogP contribution in [0.4, 0.5) is 0 Å². The standard InChI is InChI=1S/C34H32/c1-3-5-7-8-17-28-29-19-11-13-21-31(29)34(32-22-14-12-20-30(28)32)33-24-23-25(15-6-4-2)26-16-9-10-18-27(26)33/h3-11,13-14,16,18-19,21-24H,12,15,17,20H2,1-2H3/b5-3-,6-4-,8-7-. The summed E-state index contributed by atoms with van der Waals surface area (Å²) in [5.74, 6) is 0. The first-order valence-corrected chi connectivity index (χ1v) is 12.5. The normalized spacial score (nSPS) is 13.7. The Morgan fingerprint density at radius 1 is 0.706 bits per heavy atom. The van der Waals surface area contributed by atoms with Crippen molar-refractivity contribution in [3.8, 4) is 11.1 Å². The Morgan fingerprint density at radius 2 is 1.47 bits per heavy atom. The van der Waals surface area contributed by atoms with Crippen molar-refractivity contribution in [2.75, 3.05) is 0 Å². The Hall–Kier alpha value is -3.64. The van der Waals surface area contributed by atoms with Crippen molar-refractivity contribution >= 4 is 27.6 Å². The molecule has 0 spiro atoms. The van der Waals surface area contributed by atoms with Crippen LogP contribution >= 0.6 is 0 Å². The van der Waals surface area contributed by atoms with Crippen molar-refractivity contribution in [1.82, 2.24) is 0 Å². The van der Waals surface area contributed by atoms with E-state index in [2.05, 4.69) is 123 Å². The summed E-state index contributed by atoms with van der Waals surface area (Å²) in [4.78, 5) is 0. The molecule has 1 aliphatic carbocycles. The van der Waals surface area contributed by atoms with E-state index in [1.165, 1.54) is 54.9 Å². The predicted octanol–water partition coefficient (Wildman–Crippen LogP) is 9.41. The maximum Gasteiger partial charge on any atom is -0.00237 e. The monoisotopic (exact) mass is 440 g/mol. The molecule has 0 bridgehead atoms. The lowest BCUT2D eigenvalue weighted by Crippen LogP contribution is -2.05. The summed E-state index contributed by atoms with van der Waals surface area (Å²) >= 11 is 0. The smallest absolute Gasteiger partial charge is 0.00237 e. The van der Waals surface area contributed by atoms with Gasteiger partial charge in [-0.05, 0) is 94.5 Å². The molecule has 0 radical (unpaired) electrons. The molecule has 34 heavy (non-hydrogen) atoms. The Balaban J connectivity index is 1.81. The highest BCUT2D eigenvalue weighted by molar-refractivity contribution is 6.10. The lowest BCUT2D eigenvalue weighted by Gasteiger charge is -2.24. The minimum atomic E-state index is 0.963. The van der Waals surface area contributed by atoms with Crippen LogP contribution in [0.15, 0.2) is 103 Å². The molecule has 0 amide bonds. The molecule has 168 valence electrons. The first-order chi connectivity index (χ1) is 16.8. The number of allylic oxidation sites excluding steroid dienone is 7. The van der Waals surface area contributed by atoms with E-state index < -0.39 is 0 Å². The van der Waals surface area contributed by atoms with Gasteiger partial charge in [0.15, 0.2) is 0 Å². The van der Waals surface area contributed by atoms with E-state index in [4.69, 9.17) is 0 Å². The molecular weight excluding hydrogens is 408 g/mol. The van der Waals surface area contributed by atoms with E-state index in [1.807, 2.05) is 0 Å². The largest absolute Gasteiger partial charge is 0.0913 e. The summed E-state index contributed by atoms with van der Waals surface area (Å²) in [7, 11) is 0. The van der Waals surface area contributed by atoms with E-state index in [0.717, 1.165) is 25.7 Å². The van der Waals surface area contributed by atoms with Crippen molar-refractivity contribution < 1.29 is 0 Å². The molecule has 0 fully saturated rings. The summed E-state index contributed by atoms with van der Waals surface area (Å²) in [6, 6.07) is 22.6. The van der Waals surface area contributed by atoms with E-state index >= 15 is 0 Å². The first-order valence-electron chi connectivity index (χ1n) is 12.5. The molecule has 0 aromatic heterocycles. The Labute approximate surface area is 203 Å². The first kappa shape index (κ1) is 22.2. The molecule has 5 rings (SSSR count). The third-order valence-corrected chi connectivity index (χ3v) is 6.94. The van der Waals surface area contributed by atoms with Crippen molar-refractivity contribution in [2.45, 2.75) is 39.5 Å². The average Bonchev–Trinajstić information content (AvgIpc) is 2.89. The van der Waals surface area contributed by atoms with Gasteiger partial charge in [-0.2, -0.15) is 0 Å². The molecule has 0 saturated carbocycles. The van der Waals surface area contributed by atoms with Crippen LogP contribution in [0, 0.1) is 0 Å². The van der Waals surface area contributed by atoms with Crippen LogP contribution in [0.2, 0.25) is 0 Å². The fourth-order valence-corrected chi connectivity index (χ4v) is 5.38. The molecule has 0 atom stereocenters. The van der Waals surface area contributed by atoms with Gasteiger partial charge in [0.05, 0.1) is 0 Å². The molecule has 0 N–H and O–H groups in total. The zero-order chi connectivity index (χ0) is 23.3. The third kappa shape index (κ3) is 4.05. The molecular formula is C34H32. The van der Waals surface area contributed by atoms with Crippen molar-refractivity contribution in [3.05, 3.63) is 125 Å². The summed E-state index contributed by atoms with van der Waals surface area (Å²) in [6.07, 6.45) is 21.9. The summed E-state index contributed by atoms with van der Waals surface area (Å²) in [5, 5.41) is 5.44. The number of hydrogen-bond donors (Lipinski definition) is 0. The van der Waals surface area contributed by atoms with Gasteiger partial charge < -0.3 is 0 Å².